The van der Waals surface area contributed by atoms with Crippen LogP contribution in [-0.4, -0.2) is 16.0 Å². The van der Waals surface area contributed by atoms with Crippen molar-refractivity contribution in [3.05, 3.63) is 46.6 Å². The van der Waals surface area contributed by atoms with Crippen molar-refractivity contribution in [2.75, 3.05) is 5.32 Å². The molecule has 3 rings (SSSR count). The van der Waals surface area contributed by atoms with Crippen molar-refractivity contribution in [2.24, 2.45) is 0 Å². The maximum absolute atomic E-state index is 13.3. The molecule has 1 aromatic heterocycles. The molecule has 0 fully saturated rings. The molecule has 0 saturated carbocycles. The molecule has 0 radical (unpaired) electrons. The summed E-state index contributed by atoms with van der Waals surface area (Å²) in [6, 6.07) is 6.43. The fraction of sp³-hybridized carbons (Fsp3) is 0.357. The average molecular weight is 316 g/mol. The van der Waals surface area contributed by atoms with E-state index in [1.54, 1.807) is 37.3 Å². The van der Waals surface area contributed by atoms with Crippen LogP contribution in [0.3, 0.4) is 0 Å². The minimum atomic E-state index is -4.33. The number of rotatable bonds is 1. The summed E-state index contributed by atoms with van der Waals surface area (Å²) in [4.78, 5) is 0. The number of hydrogen-bond donors (Lipinski definition) is 1. The van der Waals surface area contributed by atoms with E-state index >= 15 is 0 Å². The molecule has 0 spiro atoms. The third-order valence-corrected chi connectivity index (χ3v) is 3.84. The van der Waals surface area contributed by atoms with E-state index in [0.29, 0.717) is 16.5 Å². The van der Waals surface area contributed by atoms with Crippen molar-refractivity contribution in [1.29, 1.82) is 0 Å². The highest BCUT2D eigenvalue weighted by molar-refractivity contribution is 6.30. The number of aryl methyl sites for hydroxylation is 1. The Labute approximate surface area is 124 Å². The molecule has 2 aromatic rings. The molecule has 0 saturated heterocycles. The van der Waals surface area contributed by atoms with Gasteiger partial charge in [0.1, 0.15) is 5.82 Å². The lowest BCUT2D eigenvalue weighted by atomic mass is 9.97. The molecule has 0 aliphatic carbocycles. The molecule has 1 aliphatic rings. The fourth-order valence-corrected chi connectivity index (χ4v) is 2.74. The third-order valence-electron chi connectivity index (χ3n) is 3.58. The molecule has 2 atom stereocenters. The number of nitrogens with one attached hydrogen (secondary N) is 1. The van der Waals surface area contributed by atoms with Gasteiger partial charge in [-0.2, -0.15) is 18.3 Å². The van der Waals surface area contributed by atoms with Crippen molar-refractivity contribution in [2.45, 2.75) is 31.6 Å². The molecule has 1 N–H and O–H groups in total. The summed E-state index contributed by atoms with van der Waals surface area (Å²) in [5.41, 5.74) is 1.34. The third kappa shape index (κ3) is 2.72. The summed E-state index contributed by atoms with van der Waals surface area (Å²) >= 11 is 5.82. The number of aromatic nitrogens is 2. The zero-order valence-corrected chi connectivity index (χ0v) is 11.9. The maximum atomic E-state index is 13.3. The molecule has 0 amide bonds. The first-order valence-corrected chi connectivity index (χ1v) is 6.87. The van der Waals surface area contributed by atoms with Gasteiger partial charge in [-0.05, 0) is 24.6 Å². The van der Waals surface area contributed by atoms with Crippen LogP contribution in [0.15, 0.2) is 30.3 Å². The average Bonchev–Trinajstić information content (AvgIpc) is 2.77. The summed E-state index contributed by atoms with van der Waals surface area (Å²) in [6.45, 7) is 1.68. The quantitative estimate of drug-likeness (QED) is 0.839. The highest BCUT2D eigenvalue weighted by Crippen LogP contribution is 2.43. The maximum Gasteiger partial charge on any atom is 0.410 e. The second kappa shape index (κ2) is 4.94. The minimum Gasteiger partial charge on any atom is -0.363 e. The van der Waals surface area contributed by atoms with Crippen molar-refractivity contribution < 1.29 is 13.2 Å². The van der Waals surface area contributed by atoms with Crippen LogP contribution in [-0.2, 0) is 0 Å². The van der Waals surface area contributed by atoms with Crippen molar-refractivity contribution >= 4 is 17.4 Å². The second-order valence-corrected chi connectivity index (χ2v) is 5.59. The molecule has 3 nitrogen and oxygen atoms in total. The molecular formula is C14H13ClF3N3. The van der Waals surface area contributed by atoms with Crippen LogP contribution in [0.25, 0.3) is 0 Å². The van der Waals surface area contributed by atoms with Gasteiger partial charge in [-0.15, -0.1) is 0 Å². The van der Waals surface area contributed by atoms with Gasteiger partial charge in [0.15, 0.2) is 6.04 Å². The molecule has 21 heavy (non-hydrogen) atoms. The zero-order valence-electron chi connectivity index (χ0n) is 11.2. The number of benzene rings is 1. The van der Waals surface area contributed by atoms with Crippen LogP contribution < -0.4 is 5.32 Å². The molecule has 2 heterocycles. The predicted molar refractivity (Wildman–Crippen MR) is 74.5 cm³/mol. The molecule has 1 aromatic carbocycles. The second-order valence-electron chi connectivity index (χ2n) is 5.16. The number of alkyl halides is 3. The fourth-order valence-electron chi connectivity index (χ4n) is 2.61. The van der Waals surface area contributed by atoms with Gasteiger partial charge in [-0.3, -0.25) is 0 Å². The Morgan fingerprint density at radius 1 is 1.29 bits per heavy atom. The summed E-state index contributed by atoms with van der Waals surface area (Å²) in [7, 11) is 0. The van der Waals surface area contributed by atoms with Gasteiger partial charge in [-0.25, -0.2) is 4.68 Å². The number of hydrogen-bond acceptors (Lipinski definition) is 2. The first-order valence-electron chi connectivity index (χ1n) is 6.49. The lowest BCUT2D eigenvalue weighted by molar-refractivity contribution is -0.173. The van der Waals surface area contributed by atoms with Gasteiger partial charge in [0.25, 0.3) is 0 Å². The molecule has 0 bridgehead atoms. The Balaban J connectivity index is 1.98. The highest BCUT2D eigenvalue weighted by Gasteiger charge is 2.46. The number of nitrogens with zero attached hydrogens (tertiary/aromatic N) is 2. The lowest BCUT2D eigenvalue weighted by Gasteiger charge is -2.33. The van der Waals surface area contributed by atoms with Gasteiger partial charge >= 0.3 is 6.18 Å². The number of halogens is 4. The van der Waals surface area contributed by atoms with Gasteiger partial charge in [0.05, 0.1) is 11.7 Å². The van der Waals surface area contributed by atoms with E-state index in [2.05, 4.69) is 10.4 Å². The molecule has 1 aliphatic heterocycles. The smallest absolute Gasteiger partial charge is 0.363 e. The summed E-state index contributed by atoms with van der Waals surface area (Å²) in [5, 5.41) is 7.63. The van der Waals surface area contributed by atoms with Crippen LogP contribution in [0, 0.1) is 6.92 Å². The monoisotopic (exact) mass is 315 g/mol. The first-order chi connectivity index (χ1) is 9.84. The van der Waals surface area contributed by atoms with Crippen LogP contribution in [0.1, 0.15) is 29.8 Å². The van der Waals surface area contributed by atoms with Crippen LogP contribution in [0.5, 0.6) is 0 Å². The van der Waals surface area contributed by atoms with Gasteiger partial charge in [-0.1, -0.05) is 23.7 Å². The Hall–Kier alpha value is -1.69. The van der Waals surface area contributed by atoms with Crippen LogP contribution in [0.4, 0.5) is 19.0 Å². The Bertz CT molecular complexity index is 648. The largest absolute Gasteiger partial charge is 0.410 e. The molecule has 112 valence electrons. The number of anilines is 1. The van der Waals surface area contributed by atoms with Gasteiger partial charge < -0.3 is 5.32 Å². The first kappa shape index (κ1) is 14.3. The van der Waals surface area contributed by atoms with E-state index in [9.17, 15) is 13.2 Å². The standard InChI is InChI=1S/C14H13ClF3N3/c1-8-6-13-19-11(9-2-4-10(15)5-3-9)7-12(14(16,17)18)21(13)20-8/h2-6,11-12,19H,7H2,1H3/t11-,12-/m1/s1. The van der Waals surface area contributed by atoms with E-state index in [1.807, 2.05) is 0 Å². The Morgan fingerprint density at radius 3 is 2.57 bits per heavy atom. The molecular weight excluding hydrogens is 303 g/mol. The van der Waals surface area contributed by atoms with E-state index in [4.69, 9.17) is 11.6 Å². The normalized spacial score (nSPS) is 21.8. The Kier molecular flexibility index (Phi) is 3.36. The van der Waals surface area contributed by atoms with Crippen molar-refractivity contribution in [1.82, 2.24) is 9.78 Å². The predicted octanol–water partition coefficient (Wildman–Crippen LogP) is 4.51. The van der Waals surface area contributed by atoms with E-state index in [1.165, 1.54) is 0 Å². The summed E-state index contributed by atoms with van der Waals surface area (Å²) in [5.74, 6) is 0.390. The zero-order chi connectivity index (χ0) is 15.2. The van der Waals surface area contributed by atoms with Gasteiger partial charge in [0.2, 0.25) is 0 Å². The molecule has 7 heteroatoms. The van der Waals surface area contributed by atoms with Crippen LogP contribution >= 0.6 is 11.6 Å². The van der Waals surface area contributed by atoms with Gasteiger partial charge in [0, 0.05) is 17.5 Å². The van der Waals surface area contributed by atoms with Crippen LogP contribution in [0.2, 0.25) is 5.02 Å². The lowest BCUT2D eigenvalue weighted by Crippen LogP contribution is -2.35. The van der Waals surface area contributed by atoms with E-state index in [0.717, 1.165) is 10.2 Å². The highest BCUT2D eigenvalue weighted by atomic mass is 35.5. The van der Waals surface area contributed by atoms with E-state index in [-0.39, 0.29) is 6.42 Å². The number of fused-ring (bicyclic) bond motifs is 1. The summed E-state index contributed by atoms with van der Waals surface area (Å²) < 4.78 is 40.8. The Morgan fingerprint density at radius 2 is 1.95 bits per heavy atom. The SMILES string of the molecule is Cc1cc2n(n1)[C@@H](C(F)(F)F)C[C@H](c1ccc(Cl)cc1)N2. The van der Waals surface area contributed by atoms with Crippen molar-refractivity contribution in [3.8, 4) is 0 Å². The summed E-state index contributed by atoms with van der Waals surface area (Å²) in [6.07, 6.45) is -4.43. The molecule has 0 unspecified atom stereocenters. The topological polar surface area (TPSA) is 29.9 Å². The van der Waals surface area contributed by atoms with Crippen molar-refractivity contribution in [3.63, 3.8) is 0 Å². The van der Waals surface area contributed by atoms with E-state index < -0.39 is 18.3 Å². The minimum absolute atomic E-state index is 0.0980.